The lowest BCUT2D eigenvalue weighted by atomic mass is 10.0. The number of esters is 1. The van der Waals surface area contributed by atoms with E-state index in [9.17, 15) is 14.4 Å². The molecule has 1 atom stereocenters. The molecule has 10 nitrogen and oxygen atoms in total. The van der Waals surface area contributed by atoms with E-state index in [-0.39, 0.29) is 12.3 Å². The quantitative estimate of drug-likeness (QED) is 0.619. The molecule has 3 aromatic rings. The first kappa shape index (κ1) is 20.6. The van der Waals surface area contributed by atoms with E-state index in [2.05, 4.69) is 32.0 Å². The number of carbonyl (C=O) groups excluding carboxylic acids is 2. The second-order valence-corrected chi connectivity index (χ2v) is 7.71. The van der Waals surface area contributed by atoms with Crippen LogP contribution in [0.15, 0.2) is 41.3 Å². The number of hydrogen-bond acceptors (Lipinski definition) is 7. The van der Waals surface area contributed by atoms with E-state index in [1.165, 1.54) is 17.9 Å². The van der Waals surface area contributed by atoms with Gasteiger partial charge in [-0.15, -0.1) is 5.10 Å². The Morgan fingerprint density at radius 1 is 1.23 bits per heavy atom. The van der Waals surface area contributed by atoms with Crippen LogP contribution in [0.3, 0.4) is 0 Å². The number of piperidine rings is 1. The summed E-state index contributed by atoms with van der Waals surface area (Å²) in [6, 6.07) is 8.08. The molecule has 1 saturated heterocycles. The number of nitrogens with zero attached hydrogens (tertiary/aromatic N) is 5. The molecule has 10 heteroatoms. The van der Waals surface area contributed by atoms with Gasteiger partial charge in [0.15, 0.2) is 0 Å². The maximum atomic E-state index is 12.6. The van der Waals surface area contributed by atoms with Crippen molar-refractivity contribution in [2.45, 2.75) is 26.3 Å². The summed E-state index contributed by atoms with van der Waals surface area (Å²) >= 11 is 0. The van der Waals surface area contributed by atoms with E-state index >= 15 is 0 Å². The van der Waals surface area contributed by atoms with Crippen molar-refractivity contribution in [3.8, 4) is 0 Å². The molecule has 1 fully saturated rings. The van der Waals surface area contributed by atoms with Crippen LogP contribution in [-0.2, 0) is 16.1 Å². The van der Waals surface area contributed by atoms with Gasteiger partial charge in [0.2, 0.25) is 5.91 Å². The van der Waals surface area contributed by atoms with Crippen LogP contribution in [0, 0.1) is 5.92 Å². The zero-order chi connectivity index (χ0) is 22.0. The highest BCUT2D eigenvalue weighted by molar-refractivity contribution is 5.92. The molecule has 1 aliphatic heterocycles. The van der Waals surface area contributed by atoms with Crippen LogP contribution in [0.25, 0.3) is 5.78 Å². The van der Waals surface area contributed by atoms with Crippen molar-refractivity contribution in [1.82, 2.24) is 19.2 Å². The molecular formula is C21H24N6O4. The van der Waals surface area contributed by atoms with Gasteiger partial charge in [-0.3, -0.25) is 4.79 Å². The molecule has 1 aliphatic rings. The highest BCUT2D eigenvalue weighted by Crippen LogP contribution is 2.21. The fourth-order valence-electron chi connectivity index (χ4n) is 3.72. The number of anilines is 2. The normalized spacial score (nSPS) is 16.3. The number of ether oxygens (including phenoxy) is 1. The number of amides is 1. The maximum absolute atomic E-state index is 12.6. The van der Waals surface area contributed by atoms with Gasteiger partial charge in [0.1, 0.15) is 12.4 Å². The third-order valence-electron chi connectivity index (χ3n) is 5.30. The average Bonchev–Trinajstić information content (AvgIpc) is 3.08. The lowest BCUT2D eigenvalue weighted by molar-refractivity contribution is -0.117. The van der Waals surface area contributed by atoms with Gasteiger partial charge in [-0.25, -0.2) is 18.7 Å². The van der Waals surface area contributed by atoms with Crippen molar-refractivity contribution >= 4 is 29.2 Å². The molecule has 1 amide bonds. The predicted molar refractivity (Wildman–Crippen MR) is 114 cm³/mol. The van der Waals surface area contributed by atoms with Crippen molar-refractivity contribution in [1.29, 1.82) is 0 Å². The molecule has 1 aromatic carbocycles. The van der Waals surface area contributed by atoms with Gasteiger partial charge in [0, 0.05) is 25.0 Å². The summed E-state index contributed by atoms with van der Waals surface area (Å²) in [5, 5.41) is 6.91. The van der Waals surface area contributed by atoms with Crippen LogP contribution in [0.4, 0.5) is 11.5 Å². The molecule has 2 aromatic heterocycles. The van der Waals surface area contributed by atoms with Crippen molar-refractivity contribution < 1.29 is 14.3 Å². The molecule has 1 N–H and O–H groups in total. The van der Waals surface area contributed by atoms with Crippen molar-refractivity contribution in [2.75, 3.05) is 30.4 Å². The SMILES string of the molecule is COC(=O)c1ccc(NC(=O)Cn2nc3nc(N4CCC[C@H](C)C4)ccn3c2=O)cc1. The predicted octanol–water partition coefficient (Wildman–Crippen LogP) is 1.55. The molecule has 3 heterocycles. The minimum absolute atomic E-state index is 0.253. The van der Waals surface area contributed by atoms with Gasteiger partial charge < -0.3 is 15.0 Å². The monoisotopic (exact) mass is 424 g/mol. The number of rotatable bonds is 5. The first-order valence-electron chi connectivity index (χ1n) is 10.1. The van der Waals surface area contributed by atoms with Gasteiger partial charge in [-0.1, -0.05) is 6.92 Å². The first-order chi connectivity index (χ1) is 14.9. The Hall–Kier alpha value is -3.69. The molecule has 31 heavy (non-hydrogen) atoms. The summed E-state index contributed by atoms with van der Waals surface area (Å²) in [6.45, 7) is 3.81. The van der Waals surface area contributed by atoms with E-state index in [4.69, 9.17) is 0 Å². The highest BCUT2D eigenvalue weighted by atomic mass is 16.5. The molecule has 162 valence electrons. The van der Waals surface area contributed by atoms with Crippen molar-refractivity contribution in [2.24, 2.45) is 5.92 Å². The fraction of sp³-hybridized carbons (Fsp3) is 0.381. The minimum atomic E-state index is -0.458. The fourth-order valence-corrected chi connectivity index (χ4v) is 3.72. The number of fused-ring (bicyclic) bond motifs is 1. The Labute approximate surface area is 178 Å². The third kappa shape index (κ3) is 4.42. The zero-order valence-electron chi connectivity index (χ0n) is 17.4. The van der Waals surface area contributed by atoms with Crippen LogP contribution in [0.1, 0.15) is 30.1 Å². The Morgan fingerprint density at radius 2 is 2.00 bits per heavy atom. The van der Waals surface area contributed by atoms with Crippen LogP contribution in [0.5, 0.6) is 0 Å². The standard InChI is InChI=1S/C21H24N6O4/c1-14-4-3-10-25(12-14)17-9-11-26-20(23-17)24-27(21(26)30)13-18(28)22-16-7-5-15(6-8-16)19(29)31-2/h5-9,11,14H,3-4,10,12-13H2,1-2H3,(H,22,28)/t14-/m0/s1. The molecule has 4 rings (SSSR count). The highest BCUT2D eigenvalue weighted by Gasteiger charge is 2.19. The third-order valence-corrected chi connectivity index (χ3v) is 5.30. The molecule has 0 spiro atoms. The Balaban J connectivity index is 1.47. The number of aromatic nitrogens is 4. The Kier molecular flexibility index (Phi) is 5.70. The molecule has 0 radical (unpaired) electrons. The number of hydrogen-bond donors (Lipinski definition) is 1. The smallest absolute Gasteiger partial charge is 0.352 e. The summed E-state index contributed by atoms with van der Waals surface area (Å²) in [5.74, 6) is 0.764. The minimum Gasteiger partial charge on any atom is -0.465 e. The van der Waals surface area contributed by atoms with Crippen molar-refractivity contribution in [3.05, 3.63) is 52.6 Å². The van der Waals surface area contributed by atoms with Gasteiger partial charge in [0.25, 0.3) is 5.78 Å². The van der Waals surface area contributed by atoms with Gasteiger partial charge in [0.05, 0.1) is 12.7 Å². The van der Waals surface area contributed by atoms with E-state index in [1.54, 1.807) is 36.5 Å². The van der Waals surface area contributed by atoms with E-state index in [0.717, 1.165) is 30.0 Å². The average molecular weight is 424 g/mol. The number of nitrogens with one attached hydrogen (secondary N) is 1. The Morgan fingerprint density at radius 3 is 2.71 bits per heavy atom. The lowest BCUT2D eigenvalue weighted by Gasteiger charge is -2.31. The number of carbonyl (C=O) groups is 2. The summed E-state index contributed by atoms with van der Waals surface area (Å²) in [4.78, 5) is 43.2. The lowest BCUT2D eigenvalue weighted by Crippen LogP contribution is -2.34. The van der Waals surface area contributed by atoms with E-state index in [0.29, 0.717) is 17.2 Å². The molecule has 0 aliphatic carbocycles. The summed E-state index contributed by atoms with van der Waals surface area (Å²) in [5.41, 5.74) is 0.438. The Bertz CT molecular complexity index is 1170. The van der Waals surface area contributed by atoms with Gasteiger partial charge >= 0.3 is 11.7 Å². The topological polar surface area (TPSA) is 111 Å². The van der Waals surface area contributed by atoms with Crippen LogP contribution in [-0.4, -0.2) is 51.2 Å². The second kappa shape index (κ2) is 8.58. The number of methoxy groups -OCH3 is 1. The molecule has 0 unspecified atom stereocenters. The second-order valence-electron chi connectivity index (χ2n) is 7.71. The summed E-state index contributed by atoms with van der Waals surface area (Å²) in [6.07, 6.45) is 3.95. The first-order valence-corrected chi connectivity index (χ1v) is 10.1. The van der Waals surface area contributed by atoms with Crippen LogP contribution < -0.4 is 15.9 Å². The largest absolute Gasteiger partial charge is 0.465 e. The molecule has 0 saturated carbocycles. The van der Waals surface area contributed by atoms with Crippen molar-refractivity contribution in [3.63, 3.8) is 0 Å². The maximum Gasteiger partial charge on any atom is 0.352 e. The number of benzene rings is 1. The molecule has 0 bridgehead atoms. The van der Waals surface area contributed by atoms with Gasteiger partial charge in [-0.2, -0.15) is 4.98 Å². The summed E-state index contributed by atoms with van der Waals surface area (Å²) < 4.78 is 7.06. The molecular weight excluding hydrogens is 400 g/mol. The van der Waals surface area contributed by atoms with Crippen LogP contribution >= 0.6 is 0 Å². The zero-order valence-corrected chi connectivity index (χ0v) is 17.4. The van der Waals surface area contributed by atoms with E-state index < -0.39 is 17.6 Å². The summed E-state index contributed by atoms with van der Waals surface area (Å²) in [7, 11) is 1.30. The van der Waals surface area contributed by atoms with Crippen LogP contribution in [0.2, 0.25) is 0 Å². The van der Waals surface area contributed by atoms with E-state index in [1.807, 2.05) is 0 Å². The van der Waals surface area contributed by atoms with Gasteiger partial charge in [-0.05, 0) is 49.1 Å².